The Morgan fingerprint density at radius 2 is 1.92 bits per heavy atom. The molecule has 0 aliphatic heterocycles. The van der Waals surface area contributed by atoms with Gasteiger partial charge in [-0.05, 0) is 18.8 Å². The SMILES string of the molecule is O=C1CCC2CCCCC2C1F. The summed E-state index contributed by atoms with van der Waals surface area (Å²) < 4.78 is 13.4. The van der Waals surface area contributed by atoms with Crippen LogP contribution in [-0.2, 0) is 4.79 Å². The van der Waals surface area contributed by atoms with Crippen LogP contribution in [-0.4, -0.2) is 12.0 Å². The van der Waals surface area contributed by atoms with E-state index in [9.17, 15) is 9.18 Å². The van der Waals surface area contributed by atoms with Crippen LogP contribution in [0.1, 0.15) is 38.5 Å². The summed E-state index contributed by atoms with van der Waals surface area (Å²) in [6, 6.07) is 0. The van der Waals surface area contributed by atoms with E-state index < -0.39 is 6.17 Å². The van der Waals surface area contributed by atoms with Gasteiger partial charge in [0.1, 0.15) is 0 Å². The molecule has 1 nitrogen and oxygen atoms in total. The predicted molar refractivity (Wildman–Crippen MR) is 44.6 cm³/mol. The van der Waals surface area contributed by atoms with Crippen LogP contribution in [0.4, 0.5) is 4.39 Å². The minimum absolute atomic E-state index is 0.0833. The van der Waals surface area contributed by atoms with Gasteiger partial charge in [-0.25, -0.2) is 4.39 Å². The van der Waals surface area contributed by atoms with Crippen molar-refractivity contribution in [2.24, 2.45) is 11.8 Å². The average molecular weight is 170 g/mol. The second kappa shape index (κ2) is 3.15. The standard InChI is InChI=1S/C10H15FO/c11-10-8-4-2-1-3-7(8)5-6-9(10)12/h7-8,10H,1-6H2. The molecule has 3 atom stereocenters. The van der Waals surface area contributed by atoms with E-state index in [-0.39, 0.29) is 11.7 Å². The van der Waals surface area contributed by atoms with Crippen molar-refractivity contribution in [2.75, 3.05) is 0 Å². The summed E-state index contributed by atoms with van der Waals surface area (Å²) in [6.07, 6.45) is 4.77. The third kappa shape index (κ3) is 1.27. The van der Waals surface area contributed by atoms with Crippen molar-refractivity contribution in [3.05, 3.63) is 0 Å². The number of hydrogen-bond acceptors (Lipinski definition) is 1. The molecule has 0 bridgehead atoms. The third-order valence-corrected chi connectivity index (χ3v) is 3.41. The van der Waals surface area contributed by atoms with Crippen LogP contribution in [0.15, 0.2) is 0 Å². The van der Waals surface area contributed by atoms with E-state index in [1.54, 1.807) is 0 Å². The summed E-state index contributed by atoms with van der Waals surface area (Å²) in [7, 11) is 0. The lowest BCUT2D eigenvalue weighted by atomic mass is 9.69. The van der Waals surface area contributed by atoms with Gasteiger partial charge < -0.3 is 0 Å². The Balaban J connectivity index is 2.08. The lowest BCUT2D eigenvalue weighted by molar-refractivity contribution is -0.130. The quantitative estimate of drug-likeness (QED) is 0.546. The van der Waals surface area contributed by atoms with Gasteiger partial charge in [0.2, 0.25) is 0 Å². The first kappa shape index (κ1) is 8.21. The monoisotopic (exact) mass is 170 g/mol. The molecule has 0 spiro atoms. The van der Waals surface area contributed by atoms with Gasteiger partial charge in [-0.3, -0.25) is 4.79 Å². The van der Waals surface area contributed by atoms with Crippen LogP contribution in [0, 0.1) is 11.8 Å². The number of Topliss-reactive ketones (excluding diaryl/α,β-unsaturated/α-hetero) is 1. The van der Waals surface area contributed by atoms with Crippen molar-refractivity contribution in [2.45, 2.75) is 44.7 Å². The number of alkyl halides is 1. The number of fused-ring (bicyclic) bond motifs is 1. The number of carbonyl (C=O) groups is 1. The van der Waals surface area contributed by atoms with Gasteiger partial charge in [0, 0.05) is 12.3 Å². The summed E-state index contributed by atoms with van der Waals surface area (Å²) in [5.41, 5.74) is 0. The molecule has 0 radical (unpaired) electrons. The largest absolute Gasteiger partial charge is 0.296 e. The number of ketones is 1. The number of rotatable bonds is 0. The molecule has 3 unspecified atom stereocenters. The lowest BCUT2D eigenvalue weighted by Gasteiger charge is -2.36. The zero-order chi connectivity index (χ0) is 8.55. The molecule has 68 valence electrons. The first-order valence-electron chi connectivity index (χ1n) is 4.96. The number of hydrogen-bond donors (Lipinski definition) is 0. The molecule has 2 fully saturated rings. The van der Waals surface area contributed by atoms with E-state index in [0.717, 1.165) is 25.7 Å². The van der Waals surface area contributed by atoms with Crippen molar-refractivity contribution in [1.29, 1.82) is 0 Å². The van der Waals surface area contributed by atoms with Crippen LogP contribution >= 0.6 is 0 Å². The molecule has 0 N–H and O–H groups in total. The molecule has 2 rings (SSSR count). The van der Waals surface area contributed by atoms with Gasteiger partial charge >= 0.3 is 0 Å². The smallest absolute Gasteiger partial charge is 0.167 e. The maximum atomic E-state index is 13.4. The fraction of sp³-hybridized carbons (Fsp3) is 0.900. The first-order chi connectivity index (χ1) is 5.79. The zero-order valence-electron chi connectivity index (χ0n) is 7.26. The molecule has 0 amide bonds. The van der Waals surface area contributed by atoms with E-state index in [0.29, 0.717) is 12.3 Å². The second-order valence-corrected chi connectivity index (χ2v) is 4.12. The number of carbonyl (C=O) groups excluding carboxylic acids is 1. The fourth-order valence-corrected chi connectivity index (χ4v) is 2.68. The van der Waals surface area contributed by atoms with Crippen LogP contribution < -0.4 is 0 Å². The fourth-order valence-electron chi connectivity index (χ4n) is 2.68. The molecule has 2 aliphatic rings. The van der Waals surface area contributed by atoms with Gasteiger partial charge in [-0.1, -0.05) is 19.3 Å². The maximum Gasteiger partial charge on any atom is 0.167 e. The van der Waals surface area contributed by atoms with E-state index in [4.69, 9.17) is 0 Å². The van der Waals surface area contributed by atoms with Gasteiger partial charge in [0.05, 0.1) is 0 Å². The molecular weight excluding hydrogens is 155 g/mol. The molecule has 2 heteroatoms. The molecular formula is C10H15FO. The van der Waals surface area contributed by atoms with Gasteiger partial charge in [-0.2, -0.15) is 0 Å². The summed E-state index contributed by atoms with van der Waals surface area (Å²) in [5, 5.41) is 0. The number of halogens is 1. The van der Waals surface area contributed by atoms with Crippen LogP contribution in [0.25, 0.3) is 0 Å². The van der Waals surface area contributed by atoms with Crippen molar-refractivity contribution < 1.29 is 9.18 Å². The highest BCUT2D eigenvalue weighted by molar-refractivity contribution is 5.84. The Bertz CT molecular complexity index is 190. The highest BCUT2D eigenvalue weighted by Gasteiger charge is 2.39. The Morgan fingerprint density at radius 3 is 2.75 bits per heavy atom. The molecule has 2 aliphatic carbocycles. The van der Waals surface area contributed by atoms with Crippen LogP contribution in [0.5, 0.6) is 0 Å². The van der Waals surface area contributed by atoms with Gasteiger partial charge in [-0.15, -0.1) is 0 Å². The van der Waals surface area contributed by atoms with Crippen LogP contribution in [0.2, 0.25) is 0 Å². The normalized spacial score (nSPS) is 42.4. The summed E-state index contributed by atoms with van der Waals surface area (Å²) in [5.74, 6) is 0.463. The van der Waals surface area contributed by atoms with E-state index >= 15 is 0 Å². The Kier molecular flexibility index (Phi) is 2.16. The summed E-state index contributed by atoms with van der Waals surface area (Å²) in [6.45, 7) is 0. The second-order valence-electron chi connectivity index (χ2n) is 4.12. The molecule has 12 heavy (non-hydrogen) atoms. The van der Waals surface area contributed by atoms with Gasteiger partial charge in [0.25, 0.3) is 0 Å². The minimum atomic E-state index is -1.12. The Labute approximate surface area is 72.3 Å². The Morgan fingerprint density at radius 1 is 1.17 bits per heavy atom. The molecule has 0 heterocycles. The summed E-state index contributed by atoms with van der Waals surface area (Å²) in [4.78, 5) is 11.1. The maximum absolute atomic E-state index is 13.4. The first-order valence-corrected chi connectivity index (χ1v) is 4.96. The highest BCUT2D eigenvalue weighted by Crippen LogP contribution is 2.40. The Hall–Kier alpha value is -0.400. The van der Waals surface area contributed by atoms with Crippen molar-refractivity contribution in [1.82, 2.24) is 0 Å². The molecule has 0 aromatic carbocycles. The molecule has 2 saturated carbocycles. The average Bonchev–Trinajstić information content (AvgIpc) is 2.12. The summed E-state index contributed by atoms with van der Waals surface area (Å²) >= 11 is 0. The van der Waals surface area contributed by atoms with Crippen molar-refractivity contribution >= 4 is 5.78 Å². The lowest BCUT2D eigenvalue weighted by Crippen LogP contribution is -2.38. The highest BCUT2D eigenvalue weighted by atomic mass is 19.1. The topological polar surface area (TPSA) is 17.1 Å². The molecule has 0 saturated heterocycles. The molecule has 0 aromatic rings. The van der Waals surface area contributed by atoms with E-state index in [1.807, 2.05) is 0 Å². The minimum Gasteiger partial charge on any atom is -0.296 e. The predicted octanol–water partition coefficient (Wildman–Crippen LogP) is 2.49. The molecule has 0 aromatic heterocycles. The zero-order valence-corrected chi connectivity index (χ0v) is 7.26. The third-order valence-electron chi connectivity index (χ3n) is 3.41. The van der Waals surface area contributed by atoms with Crippen molar-refractivity contribution in [3.8, 4) is 0 Å². The van der Waals surface area contributed by atoms with Crippen molar-refractivity contribution in [3.63, 3.8) is 0 Å². The van der Waals surface area contributed by atoms with E-state index in [1.165, 1.54) is 6.42 Å². The van der Waals surface area contributed by atoms with E-state index in [2.05, 4.69) is 0 Å². The van der Waals surface area contributed by atoms with Gasteiger partial charge in [0.15, 0.2) is 12.0 Å². The van der Waals surface area contributed by atoms with Crippen LogP contribution in [0.3, 0.4) is 0 Å².